The molecule has 156 valence electrons. The molecule has 0 radical (unpaired) electrons. The smallest absolute Gasteiger partial charge is 0.333 e. The Kier molecular flexibility index (Phi) is 9.31. The van der Waals surface area contributed by atoms with Crippen LogP contribution in [0, 0.1) is 13.8 Å². The van der Waals surface area contributed by atoms with Gasteiger partial charge in [-0.3, -0.25) is 4.18 Å². The van der Waals surface area contributed by atoms with Gasteiger partial charge < -0.3 is 10.5 Å². The SMILES string of the molecule is CCOC(=O)/C(C)=C/C(Br)=C(/N)[NH2+]NCc1cc(C)cc(C)c1S(=O)(=O)OC. The van der Waals surface area contributed by atoms with Crippen molar-refractivity contribution in [2.45, 2.75) is 39.1 Å². The molecule has 8 nitrogen and oxygen atoms in total. The predicted molar refractivity (Wildman–Crippen MR) is 109 cm³/mol. The van der Waals surface area contributed by atoms with Crippen molar-refractivity contribution in [1.29, 1.82) is 0 Å². The second-order valence-corrected chi connectivity index (χ2v) is 8.57. The lowest BCUT2D eigenvalue weighted by molar-refractivity contribution is -0.669. The Morgan fingerprint density at radius 1 is 1.36 bits per heavy atom. The van der Waals surface area contributed by atoms with Gasteiger partial charge in [-0.05, 0) is 60.8 Å². The number of nitrogens with one attached hydrogen (secondary N) is 1. The van der Waals surface area contributed by atoms with Crippen molar-refractivity contribution in [1.82, 2.24) is 5.43 Å². The zero-order valence-electron chi connectivity index (χ0n) is 16.6. The fraction of sp³-hybridized carbons (Fsp3) is 0.389. The molecule has 0 aliphatic rings. The van der Waals surface area contributed by atoms with Crippen LogP contribution in [0.1, 0.15) is 30.5 Å². The van der Waals surface area contributed by atoms with E-state index in [2.05, 4.69) is 25.5 Å². The van der Waals surface area contributed by atoms with Gasteiger partial charge in [-0.1, -0.05) is 17.7 Å². The van der Waals surface area contributed by atoms with Gasteiger partial charge in [0.1, 0.15) is 4.90 Å². The molecule has 28 heavy (non-hydrogen) atoms. The molecule has 0 aromatic heterocycles. The topological polar surface area (TPSA) is 124 Å². The Labute approximate surface area is 174 Å². The molecular formula is C18H27BrN3O5S+. The first-order valence-electron chi connectivity index (χ1n) is 8.51. The summed E-state index contributed by atoms with van der Waals surface area (Å²) in [5, 5.41) is 0. The summed E-state index contributed by atoms with van der Waals surface area (Å²) < 4.78 is 34.6. The van der Waals surface area contributed by atoms with Crippen molar-refractivity contribution >= 4 is 32.0 Å². The molecule has 0 unspecified atom stereocenters. The first kappa shape index (κ1) is 24.3. The Balaban J connectivity index is 2.97. The number of aryl methyl sites for hydroxylation is 2. The molecule has 0 amide bonds. The van der Waals surface area contributed by atoms with E-state index in [1.54, 1.807) is 39.0 Å². The quantitative estimate of drug-likeness (QED) is 0.122. The standard InChI is InChI=1S/C18H26BrN3O5S/c1-6-27-18(23)13(4)9-15(19)17(20)22-21-10-14-8-11(2)7-12(3)16(14)28(24,25)26-5/h7-9,21-22H,6,10,20H2,1-5H3/p+1/b13-9+,17-15+. The number of ether oxygens (including phenoxy) is 1. The largest absolute Gasteiger partial charge is 0.463 e. The van der Waals surface area contributed by atoms with Gasteiger partial charge in [-0.25, -0.2) is 10.2 Å². The third kappa shape index (κ3) is 6.71. The zero-order chi connectivity index (χ0) is 21.5. The minimum absolute atomic E-state index is 0.140. The van der Waals surface area contributed by atoms with Crippen LogP contribution in [0.3, 0.4) is 0 Å². The summed E-state index contributed by atoms with van der Waals surface area (Å²) in [6, 6.07) is 3.56. The van der Waals surface area contributed by atoms with Gasteiger partial charge in [0.25, 0.3) is 10.1 Å². The lowest BCUT2D eigenvalue weighted by Gasteiger charge is -2.13. The Bertz CT molecular complexity index is 895. The second kappa shape index (κ2) is 10.7. The van der Waals surface area contributed by atoms with Gasteiger partial charge in [0.15, 0.2) is 0 Å². The van der Waals surface area contributed by atoms with E-state index in [-0.39, 0.29) is 18.0 Å². The summed E-state index contributed by atoms with van der Waals surface area (Å²) in [5.41, 5.74) is 13.0. The van der Waals surface area contributed by atoms with Gasteiger partial charge >= 0.3 is 5.97 Å². The highest BCUT2D eigenvalue weighted by molar-refractivity contribution is 9.11. The van der Waals surface area contributed by atoms with Gasteiger partial charge in [0.05, 0.1) is 24.7 Å². The normalized spacial score (nSPS) is 13.3. The maximum absolute atomic E-state index is 12.2. The molecule has 0 spiro atoms. The lowest BCUT2D eigenvalue weighted by atomic mass is 10.1. The average molecular weight is 477 g/mol. The van der Waals surface area contributed by atoms with E-state index in [1.807, 2.05) is 6.92 Å². The third-order valence-electron chi connectivity index (χ3n) is 3.73. The zero-order valence-corrected chi connectivity index (χ0v) is 19.0. The molecule has 0 saturated carbocycles. The van der Waals surface area contributed by atoms with Crippen LogP contribution in [0.5, 0.6) is 0 Å². The summed E-state index contributed by atoms with van der Waals surface area (Å²) >= 11 is 3.31. The molecule has 1 rings (SSSR count). The van der Waals surface area contributed by atoms with Gasteiger partial charge in [0, 0.05) is 5.57 Å². The Hall–Kier alpha value is -1.72. The van der Waals surface area contributed by atoms with E-state index in [0.29, 0.717) is 27.0 Å². The molecule has 0 atom stereocenters. The highest BCUT2D eigenvalue weighted by atomic mass is 79.9. The van der Waals surface area contributed by atoms with E-state index in [9.17, 15) is 13.2 Å². The van der Waals surface area contributed by atoms with Crippen LogP contribution >= 0.6 is 15.9 Å². The van der Waals surface area contributed by atoms with Crippen molar-refractivity contribution in [3.8, 4) is 0 Å². The molecule has 0 fully saturated rings. The number of esters is 1. The first-order chi connectivity index (χ1) is 13.0. The molecule has 1 aromatic rings. The number of halogens is 1. The van der Waals surface area contributed by atoms with Gasteiger partial charge in [-0.2, -0.15) is 13.8 Å². The number of rotatable bonds is 9. The summed E-state index contributed by atoms with van der Waals surface area (Å²) in [7, 11) is -2.71. The van der Waals surface area contributed by atoms with Crippen LogP contribution in [0.4, 0.5) is 0 Å². The summed E-state index contributed by atoms with van der Waals surface area (Å²) in [4.78, 5) is 11.8. The molecule has 1 aromatic carbocycles. The summed E-state index contributed by atoms with van der Waals surface area (Å²) in [6.07, 6.45) is 1.56. The third-order valence-corrected chi connectivity index (χ3v) is 5.94. The number of carbonyl (C=O) groups excluding carboxylic acids is 1. The van der Waals surface area contributed by atoms with Crippen molar-refractivity contribution in [2.24, 2.45) is 5.73 Å². The molecule has 0 aliphatic carbocycles. The molecule has 10 heteroatoms. The monoisotopic (exact) mass is 476 g/mol. The van der Waals surface area contributed by atoms with Gasteiger partial charge in [-0.15, -0.1) is 0 Å². The minimum Gasteiger partial charge on any atom is -0.463 e. The fourth-order valence-electron chi connectivity index (χ4n) is 2.53. The lowest BCUT2D eigenvalue weighted by Crippen LogP contribution is -2.93. The highest BCUT2D eigenvalue weighted by Gasteiger charge is 2.21. The number of quaternary nitrogens is 1. The van der Waals surface area contributed by atoms with Crippen molar-refractivity contribution < 1.29 is 27.6 Å². The van der Waals surface area contributed by atoms with E-state index in [4.69, 9.17) is 10.5 Å². The molecule has 5 N–H and O–H groups in total. The van der Waals surface area contributed by atoms with Crippen LogP contribution in [0.2, 0.25) is 0 Å². The van der Waals surface area contributed by atoms with Gasteiger partial charge in [0.2, 0.25) is 5.82 Å². The van der Waals surface area contributed by atoms with E-state index < -0.39 is 16.1 Å². The average Bonchev–Trinajstić information content (AvgIpc) is 2.60. The molecular weight excluding hydrogens is 450 g/mol. The maximum Gasteiger partial charge on any atom is 0.333 e. The van der Waals surface area contributed by atoms with E-state index >= 15 is 0 Å². The number of hydrogen-bond donors (Lipinski definition) is 3. The minimum atomic E-state index is -3.84. The summed E-state index contributed by atoms with van der Waals surface area (Å²) in [6.45, 7) is 7.47. The number of nitrogens with two attached hydrogens (primary N) is 2. The van der Waals surface area contributed by atoms with Crippen LogP contribution in [-0.2, 0) is 30.4 Å². The van der Waals surface area contributed by atoms with Crippen molar-refractivity contribution in [3.05, 3.63) is 50.8 Å². The number of allylic oxidation sites excluding steroid dienone is 2. The molecule has 0 aliphatic heterocycles. The molecule has 0 saturated heterocycles. The van der Waals surface area contributed by atoms with Crippen LogP contribution in [-0.4, -0.2) is 28.1 Å². The molecule has 0 bridgehead atoms. The highest BCUT2D eigenvalue weighted by Crippen LogP contribution is 2.23. The van der Waals surface area contributed by atoms with E-state index in [1.165, 1.54) is 5.43 Å². The van der Waals surface area contributed by atoms with Crippen molar-refractivity contribution in [3.63, 3.8) is 0 Å². The number of carbonyl (C=O) groups is 1. The Morgan fingerprint density at radius 2 is 2.00 bits per heavy atom. The first-order valence-corrected chi connectivity index (χ1v) is 10.7. The van der Waals surface area contributed by atoms with Crippen LogP contribution in [0.15, 0.2) is 39.0 Å². The summed E-state index contributed by atoms with van der Waals surface area (Å²) in [5.74, 6) is -0.0889. The number of benzene rings is 1. The molecule has 0 heterocycles. The van der Waals surface area contributed by atoms with Crippen LogP contribution in [0.25, 0.3) is 0 Å². The van der Waals surface area contributed by atoms with E-state index in [0.717, 1.165) is 12.7 Å². The van der Waals surface area contributed by atoms with Crippen LogP contribution < -0.4 is 16.6 Å². The number of hydrogen-bond acceptors (Lipinski definition) is 7. The fourth-order valence-corrected chi connectivity index (χ4v) is 4.06. The van der Waals surface area contributed by atoms with Crippen molar-refractivity contribution in [2.75, 3.05) is 13.7 Å². The Morgan fingerprint density at radius 3 is 2.57 bits per heavy atom. The maximum atomic E-state index is 12.2. The predicted octanol–water partition coefficient (Wildman–Crippen LogP) is 1.24. The second-order valence-electron chi connectivity index (χ2n) is 6.07.